The number of urea groups is 1. The van der Waals surface area contributed by atoms with Gasteiger partial charge in [0.25, 0.3) is 0 Å². The van der Waals surface area contributed by atoms with Crippen LogP contribution in [0, 0.1) is 6.92 Å². The molecule has 0 bridgehead atoms. The first-order valence-electron chi connectivity index (χ1n) is 7.54. The second-order valence-corrected chi connectivity index (χ2v) is 5.64. The molecule has 7 heteroatoms. The average molecular weight is 304 g/mol. The van der Waals surface area contributed by atoms with Crippen molar-refractivity contribution >= 4 is 6.03 Å². The van der Waals surface area contributed by atoms with E-state index in [1.807, 2.05) is 43.9 Å². The third-order valence-corrected chi connectivity index (χ3v) is 3.43. The van der Waals surface area contributed by atoms with E-state index in [0.717, 1.165) is 30.8 Å². The lowest BCUT2D eigenvalue weighted by Crippen LogP contribution is -2.43. The molecule has 0 saturated carbocycles. The summed E-state index contributed by atoms with van der Waals surface area (Å²) in [5.41, 5.74) is 2.00. The maximum absolute atomic E-state index is 12.1. The van der Waals surface area contributed by atoms with Gasteiger partial charge in [0.1, 0.15) is 0 Å². The minimum atomic E-state index is -0.0553. The molecule has 1 atom stereocenters. The molecule has 120 valence electrons. The molecule has 0 aliphatic heterocycles. The van der Waals surface area contributed by atoms with E-state index in [1.165, 1.54) is 0 Å². The highest BCUT2D eigenvalue weighted by Crippen LogP contribution is 2.02. The van der Waals surface area contributed by atoms with Crippen molar-refractivity contribution in [2.75, 3.05) is 13.6 Å². The number of hydrogen-bond donors (Lipinski definition) is 2. The Morgan fingerprint density at radius 3 is 3.00 bits per heavy atom. The summed E-state index contributed by atoms with van der Waals surface area (Å²) in [7, 11) is 1.81. The molecule has 0 fully saturated rings. The number of carbonyl (C=O) groups excluding carboxylic acids is 1. The molecular weight excluding hydrogens is 280 g/mol. The van der Waals surface area contributed by atoms with Gasteiger partial charge in [-0.3, -0.25) is 9.78 Å². The first-order chi connectivity index (χ1) is 10.5. The summed E-state index contributed by atoms with van der Waals surface area (Å²) in [4.78, 5) is 13.8. The number of amides is 2. The molecule has 22 heavy (non-hydrogen) atoms. The molecule has 2 amide bonds. The minimum absolute atomic E-state index is 0.0452. The molecule has 2 heterocycles. The Morgan fingerprint density at radius 2 is 2.36 bits per heavy atom. The van der Waals surface area contributed by atoms with E-state index in [1.54, 1.807) is 11.1 Å². The maximum Gasteiger partial charge on any atom is 0.317 e. The van der Waals surface area contributed by atoms with Gasteiger partial charge >= 0.3 is 6.03 Å². The Morgan fingerprint density at radius 1 is 1.55 bits per heavy atom. The van der Waals surface area contributed by atoms with Crippen LogP contribution in [-0.2, 0) is 13.0 Å². The summed E-state index contributed by atoms with van der Waals surface area (Å²) in [6.07, 6.45) is 5.28. The molecule has 2 N–H and O–H groups in total. The van der Waals surface area contributed by atoms with Gasteiger partial charge in [0, 0.05) is 50.7 Å². The van der Waals surface area contributed by atoms with E-state index in [9.17, 15) is 4.79 Å². The van der Waals surface area contributed by atoms with Gasteiger partial charge in [-0.1, -0.05) is 0 Å². The number of aryl methyl sites for hydroxylation is 2. The number of H-pyrrole nitrogens is 1. The lowest BCUT2D eigenvalue weighted by atomic mass is 10.2. The number of nitrogens with one attached hydrogen (secondary N) is 2. The van der Waals surface area contributed by atoms with Crippen molar-refractivity contribution in [3.63, 3.8) is 0 Å². The van der Waals surface area contributed by atoms with Gasteiger partial charge < -0.3 is 10.2 Å². The number of carbonyl (C=O) groups is 1. The van der Waals surface area contributed by atoms with Crippen LogP contribution < -0.4 is 5.32 Å². The van der Waals surface area contributed by atoms with E-state index in [2.05, 4.69) is 20.6 Å². The highest BCUT2D eigenvalue weighted by Gasteiger charge is 2.13. The predicted octanol–water partition coefficient (Wildman–Crippen LogP) is 1.58. The minimum Gasteiger partial charge on any atom is -0.335 e. The van der Waals surface area contributed by atoms with Gasteiger partial charge in [-0.05, 0) is 32.4 Å². The van der Waals surface area contributed by atoms with E-state index >= 15 is 0 Å². The third-order valence-electron chi connectivity index (χ3n) is 3.43. The zero-order valence-electron chi connectivity index (χ0n) is 13.4. The van der Waals surface area contributed by atoms with Crippen molar-refractivity contribution in [1.29, 1.82) is 0 Å². The van der Waals surface area contributed by atoms with Crippen molar-refractivity contribution in [2.24, 2.45) is 0 Å². The highest BCUT2D eigenvalue weighted by molar-refractivity contribution is 5.74. The summed E-state index contributed by atoms with van der Waals surface area (Å²) in [6, 6.07) is 3.88. The normalized spacial score (nSPS) is 12.1. The van der Waals surface area contributed by atoms with Gasteiger partial charge in [0.2, 0.25) is 0 Å². The summed E-state index contributed by atoms with van der Waals surface area (Å²) in [6.45, 7) is 5.46. The first kappa shape index (κ1) is 16.1. The monoisotopic (exact) mass is 304 g/mol. The lowest BCUT2D eigenvalue weighted by Gasteiger charge is -2.21. The fourth-order valence-corrected chi connectivity index (χ4v) is 2.27. The second-order valence-electron chi connectivity index (χ2n) is 5.64. The van der Waals surface area contributed by atoms with Gasteiger partial charge in [-0.25, -0.2) is 4.79 Å². The van der Waals surface area contributed by atoms with Crippen LogP contribution in [0.1, 0.15) is 24.7 Å². The molecule has 0 radical (unpaired) electrons. The highest BCUT2D eigenvalue weighted by atomic mass is 16.2. The Bertz CT molecular complexity index is 577. The predicted molar refractivity (Wildman–Crippen MR) is 84.5 cm³/mol. The van der Waals surface area contributed by atoms with Crippen molar-refractivity contribution in [3.05, 3.63) is 35.9 Å². The summed E-state index contributed by atoms with van der Waals surface area (Å²) >= 11 is 0. The zero-order chi connectivity index (χ0) is 15.9. The van der Waals surface area contributed by atoms with Gasteiger partial charge in [0.15, 0.2) is 0 Å². The molecule has 0 aliphatic rings. The Hall–Kier alpha value is -2.31. The molecule has 7 nitrogen and oxygen atoms in total. The van der Waals surface area contributed by atoms with Gasteiger partial charge in [0.05, 0.1) is 5.69 Å². The topological polar surface area (TPSA) is 78.8 Å². The largest absolute Gasteiger partial charge is 0.335 e. The van der Waals surface area contributed by atoms with Gasteiger partial charge in [-0.15, -0.1) is 0 Å². The zero-order valence-corrected chi connectivity index (χ0v) is 13.4. The number of hydrogen-bond acceptors (Lipinski definition) is 3. The van der Waals surface area contributed by atoms with Crippen LogP contribution in [0.15, 0.2) is 24.5 Å². The van der Waals surface area contributed by atoms with E-state index in [-0.39, 0.29) is 12.1 Å². The van der Waals surface area contributed by atoms with Crippen molar-refractivity contribution in [2.45, 2.75) is 39.3 Å². The Labute approximate surface area is 130 Å². The van der Waals surface area contributed by atoms with Crippen LogP contribution in [0.2, 0.25) is 0 Å². The quantitative estimate of drug-likeness (QED) is 0.815. The van der Waals surface area contributed by atoms with Crippen LogP contribution in [-0.4, -0.2) is 50.5 Å². The fraction of sp³-hybridized carbons (Fsp3) is 0.533. The van der Waals surface area contributed by atoms with Crippen LogP contribution in [0.25, 0.3) is 0 Å². The summed E-state index contributed by atoms with van der Waals surface area (Å²) < 4.78 is 1.87. The molecule has 0 spiro atoms. The smallest absolute Gasteiger partial charge is 0.317 e. The van der Waals surface area contributed by atoms with E-state index in [4.69, 9.17) is 0 Å². The molecule has 2 rings (SSSR count). The molecular formula is C15H24N6O. The molecule has 0 saturated heterocycles. The summed E-state index contributed by atoms with van der Waals surface area (Å²) in [5, 5.41) is 14.2. The number of rotatable bonds is 7. The Kier molecular flexibility index (Phi) is 5.57. The van der Waals surface area contributed by atoms with Crippen molar-refractivity contribution in [1.82, 2.24) is 30.2 Å². The van der Waals surface area contributed by atoms with E-state index in [0.29, 0.717) is 6.54 Å². The lowest BCUT2D eigenvalue weighted by molar-refractivity contribution is 0.204. The van der Waals surface area contributed by atoms with Crippen LogP contribution >= 0.6 is 0 Å². The standard InChI is InChI=1S/C15H24N6O/c1-12(10-14-11-13(2)18-19-14)17-15(22)20(3)7-5-9-21-8-4-6-16-21/h4,6,8,11-12H,5,7,9-10H2,1-3H3,(H,17,22)(H,18,19)/t12-/m0/s1. The molecule has 2 aromatic rings. The molecule has 0 aromatic carbocycles. The average Bonchev–Trinajstić information content (AvgIpc) is 3.10. The Balaban J connectivity index is 1.68. The fourth-order valence-electron chi connectivity index (χ4n) is 2.27. The molecule has 2 aromatic heterocycles. The van der Waals surface area contributed by atoms with Crippen LogP contribution in [0.4, 0.5) is 4.79 Å². The third kappa shape index (κ3) is 4.91. The van der Waals surface area contributed by atoms with Crippen LogP contribution in [0.5, 0.6) is 0 Å². The number of aromatic nitrogens is 4. The second kappa shape index (κ2) is 7.63. The van der Waals surface area contributed by atoms with E-state index < -0.39 is 0 Å². The molecule has 0 aliphatic carbocycles. The maximum atomic E-state index is 12.1. The van der Waals surface area contributed by atoms with Crippen LogP contribution in [0.3, 0.4) is 0 Å². The molecule has 0 unspecified atom stereocenters. The SMILES string of the molecule is Cc1cc(C[C@H](C)NC(=O)N(C)CCCn2cccn2)n[nH]1. The summed E-state index contributed by atoms with van der Waals surface area (Å²) in [5.74, 6) is 0. The van der Waals surface area contributed by atoms with Crippen molar-refractivity contribution in [3.8, 4) is 0 Å². The number of nitrogens with zero attached hydrogens (tertiary/aromatic N) is 4. The van der Waals surface area contributed by atoms with Gasteiger partial charge in [-0.2, -0.15) is 10.2 Å². The van der Waals surface area contributed by atoms with Crippen molar-refractivity contribution < 1.29 is 4.79 Å². The first-order valence-corrected chi connectivity index (χ1v) is 7.54. The number of aromatic amines is 1.